The quantitative estimate of drug-likeness (QED) is 0.768. The third-order valence-corrected chi connectivity index (χ3v) is 2.71. The Kier molecular flexibility index (Phi) is 4.29. The summed E-state index contributed by atoms with van der Waals surface area (Å²) < 4.78 is 5.61. The van der Waals surface area contributed by atoms with Crippen LogP contribution >= 0.6 is 0 Å². The van der Waals surface area contributed by atoms with Gasteiger partial charge in [0.1, 0.15) is 11.4 Å². The predicted octanol–water partition coefficient (Wildman–Crippen LogP) is 3.41. The number of carbonyl (C=O) groups is 1. The van der Waals surface area contributed by atoms with Crippen LogP contribution in [-0.4, -0.2) is 17.4 Å². The molecule has 0 unspecified atom stereocenters. The molecule has 19 heavy (non-hydrogen) atoms. The summed E-state index contributed by atoms with van der Waals surface area (Å²) in [7, 11) is 0. The summed E-state index contributed by atoms with van der Waals surface area (Å²) in [6.07, 6.45) is 0.908. The number of benzene rings is 1. The molecule has 0 atom stereocenters. The number of hydrogen-bond acceptors (Lipinski definition) is 3. The number of rotatable bonds is 5. The van der Waals surface area contributed by atoms with E-state index in [1.807, 2.05) is 44.2 Å². The van der Waals surface area contributed by atoms with E-state index in [1.54, 1.807) is 12.1 Å². The Bertz CT molecular complexity index is 578. The third kappa shape index (κ3) is 3.19. The number of pyridine rings is 1. The van der Waals surface area contributed by atoms with Gasteiger partial charge < -0.3 is 4.74 Å². The molecule has 3 heteroatoms. The molecule has 0 bridgehead atoms. The molecule has 1 aromatic heterocycles. The van der Waals surface area contributed by atoms with E-state index in [9.17, 15) is 4.79 Å². The number of ether oxygens (including phenoxy) is 1. The maximum atomic E-state index is 12.4. The van der Waals surface area contributed by atoms with Gasteiger partial charge in [-0.05, 0) is 37.6 Å². The van der Waals surface area contributed by atoms with Gasteiger partial charge in [-0.1, -0.05) is 25.1 Å². The smallest absolute Gasteiger partial charge is 0.215 e. The number of aryl methyl sites for hydroxylation is 1. The number of para-hydroxylation sites is 1. The molecule has 0 N–H and O–H groups in total. The van der Waals surface area contributed by atoms with Gasteiger partial charge in [-0.15, -0.1) is 0 Å². The fraction of sp³-hybridized carbons (Fsp3) is 0.250. The van der Waals surface area contributed by atoms with E-state index >= 15 is 0 Å². The van der Waals surface area contributed by atoms with E-state index in [-0.39, 0.29) is 5.78 Å². The molecule has 1 heterocycles. The van der Waals surface area contributed by atoms with Crippen LogP contribution in [0.2, 0.25) is 0 Å². The largest absolute Gasteiger partial charge is 0.493 e. The zero-order chi connectivity index (χ0) is 13.7. The molecule has 0 aliphatic rings. The van der Waals surface area contributed by atoms with Crippen molar-refractivity contribution in [2.75, 3.05) is 6.61 Å². The lowest BCUT2D eigenvalue weighted by molar-refractivity contribution is 0.103. The van der Waals surface area contributed by atoms with E-state index in [0.29, 0.717) is 23.6 Å². The lowest BCUT2D eigenvalue weighted by atomic mass is 10.1. The highest BCUT2D eigenvalue weighted by Gasteiger charge is 2.15. The van der Waals surface area contributed by atoms with Crippen molar-refractivity contribution in [3.05, 3.63) is 59.4 Å². The molecule has 2 aromatic rings. The van der Waals surface area contributed by atoms with Gasteiger partial charge in [-0.25, -0.2) is 4.98 Å². The number of ketones is 1. The molecule has 3 nitrogen and oxygen atoms in total. The summed E-state index contributed by atoms with van der Waals surface area (Å²) in [5.41, 5.74) is 1.85. The van der Waals surface area contributed by atoms with E-state index < -0.39 is 0 Å². The molecule has 2 rings (SSSR count). The Morgan fingerprint density at radius 2 is 1.95 bits per heavy atom. The first-order valence-electron chi connectivity index (χ1n) is 6.42. The first-order chi connectivity index (χ1) is 9.22. The number of carbonyl (C=O) groups excluding carboxylic acids is 1. The van der Waals surface area contributed by atoms with Crippen LogP contribution in [0.15, 0.2) is 42.5 Å². The van der Waals surface area contributed by atoms with Crippen molar-refractivity contribution < 1.29 is 9.53 Å². The molecule has 0 radical (unpaired) electrons. The highest BCUT2D eigenvalue weighted by Crippen LogP contribution is 2.21. The Morgan fingerprint density at radius 3 is 2.68 bits per heavy atom. The van der Waals surface area contributed by atoms with Crippen molar-refractivity contribution in [2.24, 2.45) is 0 Å². The molecule has 0 saturated carbocycles. The minimum atomic E-state index is -0.101. The number of aromatic nitrogens is 1. The van der Waals surface area contributed by atoms with Crippen molar-refractivity contribution in [3.63, 3.8) is 0 Å². The van der Waals surface area contributed by atoms with Gasteiger partial charge in [0, 0.05) is 5.69 Å². The highest BCUT2D eigenvalue weighted by molar-refractivity contribution is 6.09. The number of nitrogens with zero attached hydrogens (tertiary/aromatic N) is 1. The first-order valence-corrected chi connectivity index (χ1v) is 6.42. The Hall–Kier alpha value is -2.16. The Labute approximate surface area is 113 Å². The van der Waals surface area contributed by atoms with E-state index in [0.717, 1.165) is 12.1 Å². The van der Waals surface area contributed by atoms with Gasteiger partial charge in [0.05, 0.1) is 12.2 Å². The second kappa shape index (κ2) is 6.14. The van der Waals surface area contributed by atoms with Gasteiger partial charge in [0.15, 0.2) is 0 Å². The van der Waals surface area contributed by atoms with Crippen LogP contribution in [0.25, 0.3) is 0 Å². The van der Waals surface area contributed by atoms with Gasteiger partial charge in [-0.3, -0.25) is 4.79 Å². The molecule has 0 fully saturated rings. The van der Waals surface area contributed by atoms with Crippen molar-refractivity contribution in [1.82, 2.24) is 4.98 Å². The van der Waals surface area contributed by atoms with E-state index in [4.69, 9.17) is 4.74 Å². The highest BCUT2D eigenvalue weighted by atomic mass is 16.5. The normalized spacial score (nSPS) is 10.2. The van der Waals surface area contributed by atoms with E-state index in [2.05, 4.69) is 4.98 Å². The van der Waals surface area contributed by atoms with Crippen molar-refractivity contribution in [3.8, 4) is 5.75 Å². The third-order valence-electron chi connectivity index (χ3n) is 2.71. The fourth-order valence-corrected chi connectivity index (χ4v) is 1.80. The lowest BCUT2D eigenvalue weighted by Crippen LogP contribution is -2.08. The molecule has 0 aliphatic heterocycles. The molecule has 98 valence electrons. The van der Waals surface area contributed by atoms with Gasteiger partial charge in [0.2, 0.25) is 5.78 Å². The fourth-order valence-electron chi connectivity index (χ4n) is 1.80. The minimum Gasteiger partial charge on any atom is -0.493 e. The average molecular weight is 255 g/mol. The average Bonchev–Trinajstić information content (AvgIpc) is 2.44. The summed E-state index contributed by atoms with van der Waals surface area (Å²) in [6, 6.07) is 12.7. The molecule has 0 spiro atoms. The minimum absolute atomic E-state index is 0.101. The van der Waals surface area contributed by atoms with E-state index in [1.165, 1.54) is 0 Å². The van der Waals surface area contributed by atoms with Crippen LogP contribution in [0.4, 0.5) is 0 Å². The maximum absolute atomic E-state index is 12.4. The SMILES string of the molecule is CCCOc1ccccc1C(=O)c1cccc(C)n1. The molecular formula is C16H17NO2. The zero-order valence-corrected chi connectivity index (χ0v) is 11.2. The van der Waals surface area contributed by atoms with Crippen molar-refractivity contribution >= 4 is 5.78 Å². The molecule has 0 aliphatic carbocycles. The molecule has 0 amide bonds. The van der Waals surface area contributed by atoms with Crippen LogP contribution in [-0.2, 0) is 0 Å². The second-order valence-electron chi connectivity index (χ2n) is 4.34. The predicted molar refractivity (Wildman–Crippen MR) is 74.6 cm³/mol. The summed E-state index contributed by atoms with van der Waals surface area (Å²) in [5.74, 6) is 0.521. The van der Waals surface area contributed by atoms with Crippen LogP contribution in [0.5, 0.6) is 5.75 Å². The van der Waals surface area contributed by atoms with Gasteiger partial charge in [0.25, 0.3) is 0 Å². The van der Waals surface area contributed by atoms with Crippen molar-refractivity contribution in [2.45, 2.75) is 20.3 Å². The standard InChI is InChI=1S/C16H17NO2/c1-3-11-19-15-10-5-4-8-13(15)16(18)14-9-6-7-12(2)17-14/h4-10H,3,11H2,1-2H3. The first kappa shape index (κ1) is 13.3. The van der Waals surface area contributed by atoms with Gasteiger partial charge in [-0.2, -0.15) is 0 Å². The van der Waals surface area contributed by atoms with Crippen LogP contribution in [0.3, 0.4) is 0 Å². The summed E-state index contributed by atoms with van der Waals surface area (Å²) >= 11 is 0. The van der Waals surface area contributed by atoms with Crippen LogP contribution < -0.4 is 4.74 Å². The van der Waals surface area contributed by atoms with Gasteiger partial charge >= 0.3 is 0 Å². The second-order valence-corrected chi connectivity index (χ2v) is 4.34. The maximum Gasteiger partial charge on any atom is 0.215 e. The number of hydrogen-bond donors (Lipinski definition) is 0. The molecule has 0 saturated heterocycles. The topological polar surface area (TPSA) is 39.2 Å². The summed E-state index contributed by atoms with van der Waals surface area (Å²) in [4.78, 5) is 16.7. The molecule has 1 aromatic carbocycles. The molecular weight excluding hydrogens is 238 g/mol. The zero-order valence-electron chi connectivity index (χ0n) is 11.2. The van der Waals surface area contributed by atoms with Crippen LogP contribution in [0, 0.1) is 6.92 Å². The Balaban J connectivity index is 2.33. The summed E-state index contributed by atoms with van der Waals surface area (Å²) in [6.45, 7) is 4.51. The lowest BCUT2D eigenvalue weighted by Gasteiger charge is -2.09. The Morgan fingerprint density at radius 1 is 1.16 bits per heavy atom. The summed E-state index contributed by atoms with van der Waals surface area (Å²) in [5, 5.41) is 0. The van der Waals surface area contributed by atoms with Crippen LogP contribution in [0.1, 0.15) is 35.1 Å². The van der Waals surface area contributed by atoms with Crippen molar-refractivity contribution in [1.29, 1.82) is 0 Å². The monoisotopic (exact) mass is 255 g/mol.